The number of carbonyl (C=O) groups excluding carboxylic acids is 1. The summed E-state index contributed by atoms with van der Waals surface area (Å²) in [6.07, 6.45) is 1.71. The number of carbonyl (C=O) groups is 1. The van der Waals surface area contributed by atoms with Crippen LogP contribution < -0.4 is 15.0 Å². The van der Waals surface area contributed by atoms with Gasteiger partial charge in [-0.05, 0) is 42.0 Å². The average Bonchev–Trinajstić information content (AvgIpc) is 3.37. The quantitative estimate of drug-likeness (QED) is 0.671. The molecule has 2 aliphatic rings. The number of thiophene rings is 1. The number of rotatable bonds is 3. The zero-order chi connectivity index (χ0) is 19.1. The molecule has 2 aromatic heterocycles. The van der Waals surface area contributed by atoms with Crippen molar-refractivity contribution in [2.45, 2.75) is 25.3 Å². The van der Waals surface area contributed by atoms with Crippen LogP contribution >= 0.6 is 11.3 Å². The summed E-state index contributed by atoms with van der Waals surface area (Å²) in [7, 11) is 0. The number of hydrogen-bond donors (Lipinski definition) is 0. The molecule has 1 saturated heterocycles. The molecule has 144 valence electrons. The molecule has 0 N–H and O–H groups in total. The molecule has 4 heterocycles. The van der Waals surface area contributed by atoms with E-state index in [0.29, 0.717) is 54.1 Å². The Kier molecular flexibility index (Phi) is 4.23. The minimum absolute atomic E-state index is 0.0268. The number of hydrogen-bond acceptors (Lipinski definition) is 7. The van der Waals surface area contributed by atoms with Crippen LogP contribution in [-0.2, 0) is 11.2 Å². The minimum Gasteiger partial charge on any atom is -0.454 e. The largest absolute Gasteiger partial charge is 0.454 e. The van der Waals surface area contributed by atoms with Crippen LogP contribution in [0.15, 0.2) is 34.4 Å². The molecule has 2 aliphatic heterocycles. The van der Waals surface area contributed by atoms with Gasteiger partial charge in [0.05, 0.1) is 12.5 Å². The lowest BCUT2D eigenvalue weighted by molar-refractivity contribution is -0.131. The van der Waals surface area contributed by atoms with Crippen molar-refractivity contribution >= 4 is 27.5 Å². The molecule has 28 heavy (non-hydrogen) atoms. The topological polar surface area (TPSA) is 86.6 Å². The predicted octanol–water partition coefficient (Wildman–Crippen LogP) is 1.99. The summed E-state index contributed by atoms with van der Waals surface area (Å²) in [4.78, 5) is 27.1. The van der Waals surface area contributed by atoms with Crippen molar-refractivity contribution in [2.75, 3.05) is 19.9 Å². The van der Waals surface area contributed by atoms with Gasteiger partial charge in [-0.25, -0.2) is 4.68 Å². The van der Waals surface area contributed by atoms with Gasteiger partial charge in [0.25, 0.3) is 5.56 Å². The molecule has 0 saturated carbocycles. The van der Waals surface area contributed by atoms with Crippen LogP contribution in [0.3, 0.4) is 0 Å². The Hall–Kier alpha value is -2.94. The fourth-order valence-electron chi connectivity index (χ4n) is 3.72. The van der Waals surface area contributed by atoms with E-state index in [1.807, 2.05) is 28.5 Å². The van der Waals surface area contributed by atoms with E-state index in [2.05, 4.69) is 10.3 Å². The highest BCUT2D eigenvalue weighted by atomic mass is 32.1. The monoisotopic (exact) mass is 398 g/mol. The van der Waals surface area contributed by atoms with Crippen molar-refractivity contribution in [3.8, 4) is 11.5 Å². The highest BCUT2D eigenvalue weighted by Crippen LogP contribution is 2.33. The number of piperidine rings is 1. The molecular weight excluding hydrogens is 380 g/mol. The first-order valence-corrected chi connectivity index (χ1v) is 10.1. The lowest BCUT2D eigenvalue weighted by Crippen LogP contribution is -2.42. The van der Waals surface area contributed by atoms with E-state index < -0.39 is 0 Å². The van der Waals surface area contributed by atoms with Gasteiger partial charge in [0, 0.05) is 13.1 Å². The number of ether oxygens (including phenoxy) is 2. The highest BCUT2D eigenvalue weighted by molar-refractivity contribution is 7.17. The fourth-order valence-corrected chi connectivity index (χ4v) is 4.48. The third-order valence-corrected chi connectivity index (χ3v) is 6.14. The summed E-state index contributed by atoms with van der Waals surface area (Å²) in [5.74, 6) is 1.47. The number of nitrogens with zero attached hydrogens (tertiary/aromatic N) is 4. The van der Waals surface area contributed by atoms with Gasteiger partial charge in [-0.15, -0.1) is 16.4 Å². The van der Waals surface area contributed by atoms with E-state index in [1.54, 1.807) is 6.07 Å². The van der Waals surface area contributed by atoms with Gasteiger partial charge in [-0.2, -0.15) is 0 Å². The number of likely N-dealkylation sites (tertiary alicyclic amines) is 1. The number of benzene rings is 1. The molecule has 0 unspecified atom stereocenters. The van der Waals surface area contributed by atoms with Gasteiger partial charge in [-0.1, -0.05) is 11.3 Å². The SMILES string of the molecule is O=C(Cc1ccc2c(c1)OCO2)N1CCC(n2nnc3ccsc3c2=O)CC1. The Morgan fingerprint density at radius 3 is 2.86 bits per heavy atom. The van der Waals surface area contributed by atoms with Crippen molar-refractivity contribution in [1.82, 2.24) is 19.9 Å². The average molecular weight is 398 g/mol. The van der Waals surface area contributed by atoms with Gasteiger partial charge < -0.3 is 14.4 Å². The highest BCUT2D eigenvalue weighted by Gasteiger charge is 2.26. The van der Waals surface area contributed by atoms with Gasteiger partial charge in [-0.3, -0.25) is 9.59 Å². The van der Waals surface area contributed by atoms with Crippen LogP contribution in [-0.4, -0.2) is 45.7 Å². The van der Waals surface area contributed by atoms with Crippen LogP contribution in [0, 0.1) is 0 Å². The molecule has 0 spiro atoms. The Bertz CT molecular complexity index is 1100. The standard InChI is InChI=1S/C19H18N4O4S/c24-17(10-12-1-2-15-16(9-12)27-11-26-15)22-6-3-13(4-7-22)23-19(25)18-14(20-21-23)5-8-28-18/h1-2,5,8-9,13H,3-4,6-7,10-11H2. The maximum Gasteiger partial charge on any atom is 0.287 e. The van der Waals surface area contributed by atoms with Crippen molar-refractivity contribution in [1.29, 1.82) is 0 Å². The van der Waals surface area contributed by atoms with E-state index >= 15 is 0 Å². The lowest BCUT2D eigenvalue weighted by atomic mass is 10.0. The first-order valence-electron chi connectivity index (χ1n) is 9.18. The lowest BCUT2D eigenvalue weighted by Gasteiger charge is -2.32. The second kappa shape index (κ2) is 6.90. The smallest absolute Gasteiger partial charge is 0.287 e. The van der Waals surface area contributed by atoms with Crippen LogP contribution in [0.5, 0.6) is 11.5 Å². The molecule has 1 aromatic carbocycles. The second-order valence-electron chi connectivity index (χ2n) is 6.95. The second-order valence-corrected chi connectivity index (χ2v) is 7.87. The van der Waals surface area contributed by atoms with Gasteiger partial charge in [0.2, 0.25) is 12.7 Å². The van der Waals surface area contributed by atoms with E-state index in [4.69, 9.17) is 9.47 Å². The summed E-state index contributed by atoms with van der Waals surface area (Å²) < 4.78 is 12.8. The molecule has 5 rings (SSSR count). The fraction of sp³-hybridized carbons (Fsp3) is 0.368. The van der Waals surface area contributed by atoms with Crippen molar-refractivity contribution < 1.29 is 14.3 Å². The van der Waals surface area contributed by atoms with Crippen molar-refractivity contribution in [3.63, 3.8) is 0 Å². The van der Waals surface area contributed by atoms with Gasteiger partial charge in [0.1, 0.15) is 10.2 Å². The van der Waals surface area contributed by atoms with E-state index in [-0.39, 0.29) is 24.3 Å². The molecule has 8 nitrogen and oxygen atoms in total. The Balaban J connectivity index is 1.24. The predicted molar refractivity (Wildman–Crippen MR) is 103 cm³/mol. The first-order chi connectivity index (χ1) is 13.7. The van der Waals surface area contributed by atoms with Gasteiger partial charge in [0.15, 0.2) is 11.5 Å². The van der Waals surface area contributed by atoms with Crippen LogP contribution in [0.25, 0.3) is 10.2 Å². The Labute approximate surface area is 164 Å². The van der Waals surface area contributed by atoms with Crippen molar-refractivity contribution in [3.05, 3.63) is 45.6 Å². The third-order valence-electron chi connectivity index (χ3n) is 5.25. The Morgan fingerprint density at radius 2 is 2.00 bits per heavy atom. The summed E-state index contributed by atoms with van der Waals surface area (Å²) in [6, 6.07) is 7.36. The molecule has 9 heteroatoms. The molecular formula is C19H18N4O4S. The summed E-state index contributed by atoms with van der Waals surface area (Å²) in [6.45, 7) is 1.43. The molecule has 0 bridgehead atoms. The number of amides is 1. The Morgan fingerprint density at radius 1 is 1.18 bits per heavy atom. The zero-order valence-corrected chi connectivity index (χ0v) is 15.9. The van der Waals surface area contributed by atoms with Crippen LogP contribution in [0.2, 0.25) is 0 Å². The maximum absolute atomic E-state index is 12.7. The van der Waals surface area contributed by atoms with Crippen molar-refractivity contribution in [2.24, 2.45) is 0 Å². The van der Waals surface area contributed by atoms with E-state index in [0.717, 1.165) is 5.56 Å². The summed E-state index contributed by atoms with van der Waals surface area (Å²) in [5, 5.41) is 10.1. The summed E-state index contributed by atoms with van der Waals surface area (Å²) in [5.41, 5.74) is 1.45. The van der Waals surface area contributed by atoms with E-state index in [9.17, 15) is 9.59 Å². The normalized spacial score (nSPS) is 16.6. The van der Waals surface area contributed by atoms with Gasteiger partial charge >= 0.3 is 0 Å². The minimum atomic E-state index is -0.0925. The molecule has 1 fully saturated rings. The maximum atomic E-state index is 12.7. The molecule has 0 radical (unpaired) electrons. The molecule has 1 amide bonds. The summed E-state index contributed by atoms with van der Waals surface area (Å²) >= 11 is 1.39. The zero-order valence-electron chi connectivity index (χ0n) is 15.0. The molecule has 0 aliphatic carbocycles. The molecule has 3 aromatic rings. The first kappa shape index (κ1) is 17.2. The van der Waals surface area contributed by atoms with E-state index in [1.165, 1.54) is 16.0 Å². The number of aromatic nitrogens is 3. The van der Waals surface area contributed by atoms with Crippen LogP contribution in [0.1, 0.15) is 24.4 Å². The third kappa shape index (κ3) is 3.01. The number of fused-ring (bicyclic) bond motifs is 2. The van der Waals surface area contributed by atoms with Crippen LogP contribution in [0.4, 0.5) is 0 Å². The molecule has 0 atom stereocenters.